The van der Waals surface area contributed by atoms with Gasteiger partial charge in [0.25, 0.3) is 0 Å². The molecule has 1 aromatic heterocycles. The van der Waals surface area contributed by atoms with Crippen molar-refractivity contribution in [2.45, 2.75) is 37.3 Å². The van der Waals surface area contributed by atoms with Gasteiger partial charge in [-0.3, -0.25) is 0 Å². The zero-order valence-electron chi connectivity index (χ0n) is 9.23. The summed E-state index contributed by atoms with van der Waals surface area (Å²) >= 11 is 1.65. The molecular weight excluding hydrogens is 206 g/mol. The van der Waals surface area contributed by atoms with Gasteiger partial charge < -0.3 is 5.32 Å². The third-order valence-corrected chi connectivity index (χ3v) is 3.69. The molecule has 3 nitrogen and oxygen atoms in total. The Kier molecular flexibility index (Phi) is 3.46. The van der Waals surface area contributed by atoms with Crippen LogP contribution in [0.1, 0.15) is 26.2 Å². The summed E-state index contributed by atoms with van der Waals surface area (Å²) in [7, 11) is 0. The molecule has 0 bridgehead atoms. The van der Waals surface area contributed by atoms with Gasteiger partial charge in [-0.25, -0.2) is 9.97 Å². The van der Waals surface area contributed by atoms with Gasteiger partial charge in [-0.15, -0.1) is 11.8 Å². The molecule has 1 aliphatic carbocycles. The number of nitrogens with zero attached hydrogens (tertiary/aromatic N) is 2. The quantitative estimate of drug-likeness (QED) is 0.631. The fourth-order valence-electron chi connectivity index (χ4n) is 2.08. The van der Waals surface area contributed by atoms with Gasteiger partial charge in [0.05, 0.1) is 0 Å². The Morgan fingerprint density at radius 2 is 2.27 bits per heavy atom. The van der Waals surface area contributed by atoms with Gasteiger partial charge in [0.1, 0.15) is 17.2 Å². The van der Waals surface area contributed by atoms with E-state index in [2.05, 4.69) is 22.2 Å². The molecule has 0 amide bonds. The maximum Gasteiger partial charge on any atom is 0.130 e. The fraction of sp³-hybridized carbons (Fsp3) is 0.636. The molecule has 15 heavy (non-hydrogen) atoms. The molecule has 0 aliphatic heterocycles. The monoisotopic (exact) mass is 223 g/mol. The lowest BCUT2D eigenvalue weighted by atomic mass is 10.1. The molecule has 2 unspecified atom stereocenters. The zero-order chi connectivity index (χ0) is 10.7. The van der Waals surface area contributed by atoms with E-state index >= 15 is 0 Å². The van der Waals surface area contributed by atoms with Crippen LogP contribution in [0.2, 0.25) is 0 Å². The maximum absolute atomic E-state index is 4.25. The first kappa shape index (κ1) is 10.7. The van der Waals surface area contributed by atoms with Crippen LogP contribution in [0, 0.1) is 5.92 Å². The first-order valence-electron chi connectivity index (χ1n) is 5.42. The van der Waals surface area contributed by atoms with Crippen molar-refractivity contribution in [3.8, 4) is 0 Å². The number of nitrogens with one attached hydrogen (secondary N) is 1. The minimum atomic E-state index is 0.592. The van der Waals surface area contributed by atoms with E-state index < -0.39 is 0 Å². The van der Waals surface area contributed by atoms with E-state index in [9.17, 15) is 0 Å². The van der Waals surface area contributed by atoms with E-state index in [1.165, 1.54) is 19.3 Å². The Labute approximate surface area is 95.1 Å². The van der Waals surface area contributed by atoms with Crippen LogP contribution in [-0.2, 0) is 0 Å². The molecule has 1 saturated carbocycles. The molecule has 1 N–H and O–H groups in total. The molecular formula is C11H17N3S. The van der Waals surface area contributed by atoms with Crippen LogP contribution < -0.4 is 5.32 Å². The van der Waals surface area contributed by atoms with Crippen molar-refractivity contribution in [3.63, 3.8) is 0 Å². The lowest BCUT2D eigenvalue weighted by Crippen LogP contribution is -2.22. The molecule has 82 valence electrons. The van der Waals surface area contributed by atoms with Gasteiger partial charge in [-0.1, -0.05) is 13.3 Å². The van der Waals surface area contributed by atoms with Crippen LogP contribution in [0.4, 0.5) is 5.82 Å². The molecule has 4 heteroatoms. The van der Waals surface area contributed by atoms with Crippen molar-refractivity contribution < 1.29 is 0 Å². The zero-order valence-corrected chi connectivity index (χ0v) is 10.0. The van der Waals surface area contributed by atoms with E-state index in [0.29, 0.717) is 6.04 Å². The summed E-state index contributed by atoms with van der Waals surface area (Å²) in [6.07, 6.45) is 7.59. The Bertz CT molecular complexity index is 329. The topological polar surface area (TPSA) is 37.8 Å². The average Bonchev–Trinajstić information content (AvgIpc) is 2.65. The second kappa shape index (κ2) is 4.84. The fourth-order valence-corrected chi connectivity index (χ4v) is 2.46. The summed E-state index contributed by atoms with van der Waals surface area (Å²) in [4.78, 5) is 8.41. The predicted molar refractivity (Wildman–Crippen MR) is 64.2 cm³/mol. The van der Waals surface area contributed by atoms with Crippen molar-refractivity contribution in [2.75, 3.05) is 11.6 Å². The lowest BCUT2D eigenvalue weighted by Gasteiger charge is -2.17. The van der Waals surface area contributed by atoms with Crippen LogP contribution in [-0.4, -0.2) is 22.3 Å². The first-order chi connectivity index (χ1) is 7.29. The summed E-state index contributed by atoms with van der Waals surface area (Å²) < 4.78 is 0. The number of hydrogen-bond acceptors (Lipinski definition) is 4. The highest BCUT2D eigenvalue weighted by Crippen LogP contribution is 2.27. The SMILES string of the molecule is CSc1cc(NC2CCCC2C)ncn1. The van der Waals surface area contributed by atoms with Crippen molar-refractivity contribution >= 4 is 17.6 Å². The van der Waals surface area contributed by atoms with Gasteiger partial charge in [0, 0.05) is 12.1 Å². The molecule has 1 fully saturated rings. The number of anilines is 1. The van der Waals surface area contributed by atoms with Crippen molar-refractivity contribution in [1.29, 1.82) is 0 Å². The van der Waals surface area contributed by atoms with Gasteiger partial charge in [0.15, 0.2) is 0 Å². The van der Waals surface area contributed by atoms with Crippen LogP contribution in [0.25, 0.3) is 0 Å². The smallest absolute Gasteiger partial charge is 0.130 e. The number of rotatable bonds is 3. The minimum absolute atomic E-state index is 0.592. The van der Waals surface area contributed by atoms with Crippen LogP contribution in [0.15, 0.2) is 17.4 Å². The van der Waals surface area contributed by atoms with E-state index in [-0.39, 0.29) is 0 Å². The summed E-state index contributed by atoms with van der Waals surface area (Å²) in [5.74, 6) is 1.73. The Balaban J connectivity index is 2.03. The Morgan fingerprint density at radius 3 is 2.93 bits per heavy atom. The Morgan fingerprint density at radius 1 is 1.40 bits per heavy atom. The van der Waals surface area contributed by atoms with Gasteiger partial charge in [-0.05, 0) is 25.0 Å². The second-order valence-corrected chi connectivity index (χ2v) is 4.93. The molecule has 0 spiro atoms. The molecule has 2 atom stereocenters. The molecule has 0 saturated heterocycles. The van der Waals surface area contributed by atoms with Gasteiger partial charge in [0.2, 0.25) is 0 Å². The highest BCUT2D eigenvalue weighted by atomic mass is 32.2. The second-order valence-electron chi connectivity index (χ2n) is 4.10. The van der Waals surface area contributed by atoms with Crippen LogP contribution in [0.3, 0.4) is 0 Å². The highest BCUT2D eigenvalue weighted by Gasteiger charge is 2.23. The number of hydrogen-bond donors (Lipinski definition) is 1. The molecule has 1 aromatic rings. The van der Waals surface area contributed by atoms with Crippen molar-refractivity contribution in [2.24, 2.45) is 5.92 Å². The van der Waals surface area contributed by atoms with E-state index in [4.69, 9.17) is 0 Å². The summed E-state index contributed by atoms with van der Waals surface area (Å²) in [5.41, 5.74) is 0. The van der Waals surface area contributed by atoms with Gasteiger partial charge >= 0.3 is 0 Å². The summed E-state index contributed by atoms with van der Waals surface area (Å²) in [6.45, 7) is 2.31. The molecule has 1 aliphatic rings. The minimum Gasteiger partial charge on any atom is -0.367 e. The van der Waals surface area contributed by atoms with E-state index in [1.807, 2.05) is 12.3 Å². The third kappa shape index (κ3) is 2.62. The first-order valence-corrected chi connectivity index (χ1v) is 6.64. The largest absolute Gasteiger partial charge is 0.367 e. The molecule has 2 rings (SSSR count). The van der Waals surface area contributed by atoms with Crippen LogP contribution in [0.5, 0.6) is 0 Å². The van der Waals surface area contributed by atoms with E-state index in [0.717, 1.165) is 16.8 Å². The third-order valence-electron chi connectivity index (χ3n) is 3.05. The average molecular weight is 223 g/mol. The molecule has 0 radical (unpaired) electrons. The van der Waals surface area contributed by atoms with Gasteiger partial charge in [-0.2, -0.15) is 0 Å². The van der Waals surface area contributed by atoms with Crippen molar-refractivity contribution in [1.82, 2.24) is 9.97 Å². The predicted octanol–water partition coefficient (Wildman–Crippen LogP) is 2.80. The van der Waals surface area contributed by atoms with E-state index in [1.54, 1.807) is 18.1 Å². The number of thioether (sulfide) groups is 1. The van der Waals surface area contributed by atoms with Crippen molar-refractivity contribution in [3.05, 3.63) is 12.4 Å². The summed E-state index contributed by atoms with van der Waals surface area (Å²) in [5, 5.41) is 4.53. The molecule has 0 aromatic carbocycles. The normalized spacial score (nSPS) is 25.5. The standard InChI is InChI=1S/C11H17N3S/c1-8-4-3-5-9(8)14-10-6-11(15-2)13-7-12-10/h6-9H,3-5H2,1-2H3,(H,12,13,14). The lowest BCUT2D eigenvalue weighted by molar-refractivity contribution is 0.554. The maximum atomic E-state index is 4.25. The Hall–Kier alpha value is -0.770. The van der Waals surface area contributed by atoms with Crippen LogP contribution >= 0.6 is 11.8 Å². The summed E-state index contributed by atoms with van der Waals surface area (Å²) in [6, 6.07) is 2.62. The molecule has 1 heterocycles. The highest BCUT2D eigenvalue weighted by molar-refractivity contribution is 7.98. The number of aromatic nitrogens is 2.